The molecule has 0 saturated carbocycles. The molecule has 2 heterocycles. The predicted molar refractivity (Wildman–Crippen MR) is 108 cm³/mol. The van der Waals surface area contributed by atoms with Gasteiger partial charge >= 0.3 is 5.76 Å². The van der Waals surface area contributed by atoms with Crippen LogP contribution in [0.25, 0.3) is 11.1 Å². The van der Waals surface area contributed by atoms with Gasteiger partial charge in [0.05, 0.1) is 10.4 Å². The molecule has 0 aliphatic rings. The molecular weight excluding hydrogens is 396 g/mol. The monoisotopic (exact) mass is 418 g/mol. The van der Waals surface area contributed by atoms with E-state index < -0.39 is 27.7 Å². The van der Waals surface area contributed by atoms with Crippen molar-refractivity contribution in [3.05, 3.63) is 53.1 Å². The Bertz CT molecular complexity index is 1180. The van der Waals surface area contributed by atoms with Gasteiger partial charge in [-0.1, -0.05) is 19.9 Å². The first kappa shape index (κ1) is 20.7. The van der Waals surface area contributed by atoms with Crippen molar-refractivity contribution >= 4 is 32.8 Å². The maximum Gasteiger partial charge on any atom is 0.419 e. The molecule has 1 amide bonds. The number of hydrogen-bond acceptors (Lipinski definition) is 6. The van der Waals surface area contributed by atoms with E-state index in [-0.39, 0.29) is 16.4 Å². The molecule has 0 bridgehead atoms. The van der Waals surface area contributed by atoms with Gasteiger partial charge < -0.3 is 9.73 Å². The Labute approximate surface area is 167 Å². The van der Waals surface area contributed by atoms with E-state index in [1.54, 1.807) is 18.2 Å². The van der Waals surface area contributed by atoms with E-state index >= 15 is 0 Å². The molecule has 0 spiro atoms. The average Bonchev–Trinajstić information content (AvgIpc) is 2.95. The molecule has 1 atom stereocenters. The number of amides is 1. The number of aromatic nitrogens is 2. The van der Waals surface area contributed by atoms with Gasteiger partial charge in [-0.05, 0) is 36.6 Å². The lowest BCUT2D eigenvalue weighted by Crippen LogP contribution is -2.44. The van der Waals surface area contributed by atoms with Crippen molar-refractivity contribution in [3.63, 3.8) is 0 Å². The van der Waals surface area contributed by atoms with Crippen LogP contribution in [-0.2, 0) is 21.9 Å². The molecule has 2 aromatic heterocycles. The first-order valence-electron chi connectivity index (χ1n) is 9.01. The van der Waals surface area contributed by atoms with E-state index in [0.717, 1.165) is 0 Å². The van der Waals surface area contributed by atoms with Crippen LogP contribution in [0.1, 0.15) is 20.3 Å². The van der Waals surface area contributed by atoms with E-state index in [0.29, 0.717) is 17.8 Å². The topological polar surface area (TPSA) is 123 Å². The highest BCUT2D eigenvalue weighted by Gasteiger charge is 2.27. The van der Waals surface area contributed by atoms with Gasteiger partial charge in [-0.15, -0.1) is 0 Å². The number of pyridine rings is 1. The van der Waals surface area contributed by atoms with Gasteiger partial charge in [-0.2, -0.15) is 4.72 Å². The zero-order valence-corrected chi connectivity index (χ0v) is 17.1. The quantitative estimate of drug-likeness (QED) is 0.604. The summed E-state index contributed by atoms with van der Waals surface area (Å²) in [7, 11) is -2.51. The van der Waals surface area contributed by atoms with Crippen LogP contribution in [0.4, 0.5) is 5.82 Å². The Morgan fingerprint density at radius 2 is 2.00 bits per heavy atom. The Morgan fingerprint density at radius 3 is 2.66 bits per heavy atom. The number of fused-ring (bicyclic) bond motifs is 1. The number of hydrogen-bond donors (Lipinski definition) is 2. The highest BCUT2D eigenvalue weighted by Crippen LogP contribution is 2.19. The Hall–Kier alpha value is -2.98. The summed E-state index contributed by atoms with van der Waals surface area (Å²) in [5, 5.41) is 2.62. The minimum Gasteiger partial charge on any atom is -0.408 e. The molecule has 0 saturated heterocycles. The van der Waals surface area contributed by atoms with Crippen LogP contribution < -0.4 is 15.8 Å². The molecule has 9 nitrogen and oxygen atoms in total. The fraction of sp³-hybridized carbons (Fsp3) is 0.316. The fourth-order valence-corrected chi connectivity index (χ4v) is 4.09. The summed E-state index contributed by atoms with van der Waals surface area (Å²) in [5.74, 6) is -0.701. The van der Waals surface area contributed by atoms with Gasteiger partial charge in [-0.25, -0.2) is 18.2 Å². The van der Waals surface area contributed by atoms with Gasteiger partial charge in [0.25, 0.3) is 0 Å². The summed E-state index contributed by atoms with van der Waals surface area (Å²) in [6.45, 7) is 3.78. The Morgan fingerprint density at radius 1 is 1.24 bits per heavy atom. The number of nitrogens with one attached hydrogen (secondary N) is 2. The molecule has 10 heteroatoms. The number of carbonyl (C=O) groups excluding carboxylic acids is 1. The number of rotatable bonds is 7. The maximum absolute atomic E-state index is 12.9. The fourth-order valence-electron chi connectivity index (χ4n) is 2.87. The van der Waals surface area contributed by atoms with E-state index in [9.17, 15) is 18.0 Å². The standard InChI is InChI=1S/C19H22N4O5S/c1-12(2)10-14(18(24)21-17-6-4-5-9-20-17)22-29(26,27)13-7-8-15-16(11-13)28-19(25)23(15)3/h4-9,11-12,14,22H,10H2,1-3H3,(H,20,21,24). The molecular formula is C19H22N4O5S. The lowest BCUT2D eigenvalue weighted by molar-refractivity contribution is -0.118. The normalized spacial score (nSPS) is 13.0. The third-order valence-corrected chi connectivity index (χ3v) is 5.78. The van der Waals surface area contributed by atoms with Crippen molar-refractivity contribution < 1.29 is 17.6 Å². The lowest BCUT2D eigenvalue weighted by Gasteiger charge is -2.20. The zero-order chi connectivity index (χ0) is 21.2. The summed E-state index contributed by atoms with van der Waals surface area (Å²) >= 11 is 0. The number of aryl methyl sites for hydroxylation is 1. The number of anilines is 1. The number of sulfonamides is 1. The summed E-state index contributed by atoms with van der Waals surface area (Å²) < 4.78 is 34.6. The molecule has 1 aromatic carbocycles. The van der Waals surface area contributed by atoms with E-state index in [1.165, 1.54) is 36.0 Å². The summed E-state index contributed by atoms with van der Waals surface area (Å²) in [4.78, 5) is 28.2. The second-order valence-electron chi connectivity index (χ2n) is 7.06. The van der Waals surface area contributed by atoms with E-state index in [1.807, 2.05) is 13.8 Å². The van der Waals surface area contributed by atoms with Crippen LogP contribution >= 0.6 is 0 Å². The predicted octanol–water partition coefficient (Wildman–Crippen LogP) is 1.86. The molecule has 0 aliphatic carbocycles. The van der Waals surface area contributed by atoms with Crippen molar-refractivity contribution in [2.45, 2.75) is 31.2 Å². The number of benzene rings is 1. The number of oxazole rings is 1. The van der Waals surface area contributed by atoms with Crippen LogP contribution in [0.3, 0.4) is 0 Å². The van der Waals surface area contributed by atoms with Crippen molar-refractivity contribution in [1.29, 1.82) is 0 Å². The van der Waals surface area contributed by atoms with Crippen LogP contribution in [0.5, 0.6) is 0 Å². The molecule has 29 heavy (non-hydrogen) atoms. The molecule has 154 valence electrons. The van der Waals surface area contributed by atoms with Crippen LogP contribution in [0.15, 0.2) is 56.7 Å². The minimum atomic E-state index is -4.04. The minimum absolute atomic E-state index is 0.0619. The van der Waals surface area contributed by atoms with Gasteiger partial charge in [0, 0.05) is 19.3 Å². The second-order valence-corrected chi connectivity index (χ2v) is 8.78. The van der Waals surface area contributed by atoms with Crippen LogP contribution in [0.2, 0.25) is 0 Å². The molecule has 0 radical (unpaired) electrons. The zero-order valence-electron chi connectivity index (χ0n) is 16.2. The van der Waals surface area contributed by atoms with E-state index in [2.05, 4.69) is 15.0 Å². The Kier molecular flexibility index (Phi) is 5.85. The largest absolute Gasteiger partial charge is 0.419 e. The molecule has 1 unspecified atom stereocenters. The van der Waals surface area contributed by atoms with Crippen molar-refractivity contribution in [3.8, 4) is 0 Å². The van der Waals surface area contributed by atoms with Crippen molar-refractivity contribution in [1.82, 2.24) is 14.3 Å². The highest BCUT2D eigenvalue weighted by atomic mass is 32.2. The summed E-state index contributed by atoms with van der Waals surface area (Å²) in [6.07, 6.45) is 1.82. The second kappa shape index (κ2) is 8.18. The van der Waals surface area contributed by atoms with Gasteiger partial charge in [0.1, 0.15) is 11.9 Å². The first-order valence-corrected chi connectivity index (χ1v) is 10.5. The van der Waals surface area contributed by atoms with Gasteiger partial charge in [0.15, 0.2) is 5.58 Å². The van der Waals surface area contributed by atoms with E-state index in [4.69, 9.17) is 4.42 Å². The Balaban J connectivity index is 1.87. The maximum atomic E-state index is 12.9. The third kappa shape index (κ3) is 4.72. The molecule has 3 aromatic rings. The molecule has 0 aliphatic heterocycles. The lowest BCUT2D eigenvalue weighted by atomic mass is 10.0. The summed E-state index contributed by atoms with van der Waals surface area (Å²) in [6, 6.07) is 8.16. The van der Waals surface area contributed by atoms with Crippen LogP contribution in [0, 0.1) is 5.92 Å². The first-order chi connectivity index (χ1) is 13.7. The van der Waals surface area contributed by atoms with Crippen molar-refractivity contribution in [2.75, 3.05) is 5.32 Å². The number of carbonyl (C=O) groups is 1. The van der Waals surface area contributed by atoms with Crippen molar-refractivity contribution in [2.24, 2.45) is 13.0 Å². The van der Waals surface area contributed by atoms with Gasteiger partial charge in [-0.3, -0.25) is 9.36 Å². The highest BCUT2D eigenvalue weighted by molar-refractivity contribution is 7.89. The molecule has 2 N–H and O–H groups in total. The van der Waals surface area contributed by atoms with Gasteiger partial charge in [0.2, 0.25) is 15.9 Å². The number of nitrogens with zero attached hydrogens (tertiary/aromatic N) is 2. The average molecular weight is 418 g/mol. The summed E-state index contributed by atoms with van der Waals surface area (Å²) in [5.41, 5.74) is 0.624. The molecule has 3 rings (SSSR count). The molecule has 0 fully saturated rings. The SMILES string of the molecule is CC(C)CC(NS(=O)(=O)c1ccc2c(c1)oc(=O)n2C)C(=O)Nc1ccccn1. The third-order valence-electron chi connectivity index (χ3n) is 4.31. The van der Waals surface area contributed by atoms with Crippen LogP contribution in [-0.4, -0.2) is 29.9 Å². The smallest absolute Gasteiger partial charge is 0.408 e.